The largest absolute Gasteiger partial charge is 0.497 e. The molecule has 0 bridgehead atoms. The Morgan fingerprint density at radius 2 is 1.77 bits per heavy atom. The van der Waals surface area contributed by atoms with Crippen molar-refractivity contribution in [3.05, 3.63) is 59.9 Å². The second-order valence-corrected chi connectivity index (χ2v) is 5.99. The fourth-order valence-corrected chi connectivity index (χ4v) is 2.52. The van der Waals surface area contributed by atoms with Crippen LogP contribution in [0.5, 0.6) is 5.75 Å². The number of nitrogens with zero attached hydrogens (tertiary/aromatic N) is 2. The second-order valence-electron chi connectivity index (χ2n) is 5.99. The van der Waals surface area contributed by atoms with Gasteiger partial charge in [0.1, 0.15) is 5.75 Å². The monoisotopic (exact) mass is 355 g/mol. The summed E-state index contributed by atoms with van der Waals surface area (Å²) >= 11 is 0. The molecule has 0 saturated heterocycles. The van der Waals surface area contributed by atoms with Gasteiger partial charge >= 0.3 is 0 Å². The van der Waals surface area contributed by atoms with E-state index in [0.717, 1.165) is 23.3 Å². The Hall–Kier alpha value is -2.89. The molecule has 1 heterocycles. The quantitative estimate of drug-likeness (QED) is 0.748. The number of hydrogen-bond acceptors (Lipinski definition) is 4. The number of aromatic nitrogens is 1. The van der Waals surface area contributed by atoms with Gasteiger partial charge in [0.15, 0.2) is 0 Å². The minimum atomic E-state index is -0.0560. The predicted octanol–water partition coefficient (Wildman–Crippen LogP) is 2.19. The van der Waals surface area contributed by atoms with Gasteiger partial charge in [-0.15, -0.1) is 0 Å². The molecule has 0 aliphatic carbocycles. The van der Waals surface area contributed by atoms with Gasteiger partial charge in [-0.1, -0.05) is 12.1 Å². The molecule has 0 aliphatic rings. The van der Waals surface area contributed by atoms with Crippen LogP contribution in [0.4, 0.5) is 0 Å². The van der Waals surface area contributed by atoms with E-state index in [1.807, 2.05) is 36.4 Å². The molecule has 138 valence electrons. The van der Waals surface area contributed by atoms with E-state index in [2.05, 4.69) is 10.3 Å². The molecule has 0 aliphatic heterocycles. The molecule has 2 aromatic rings. The van der Waals surface area contributed by atoms with Gasteiger partial charge in [0.25, 0.3) is 0 Å². The third-order valence-corrected chi connectivity index (χ3v) is 4.07. The highest BCUT2D eigenvalue weighted by Gasteiger charge is 2.11. The molecule has 0 fully saturated rings. The van der Waals surface area contributed by atoms with Crippen LogP contribution in [0, 0.1) is 0 Å². The highest BCUT2D eigenvalue weighted by Crippen LogP contribution is 2.11. The molecule has 0 unspecified atom stereocenters. The first-order chi connectivity index (χ1) is 12.6. The highest BCUT2D eigenvalue weighted by molar-refractivity contribution is 5.78. The van der Waals surface area contributed by atoms with Crippen molar-refractivity contribution in [1.82, 2.24) is 15.2 Å². The van der Waals surface area contributed by atoms with Crippen molar-refractivity contribution in [2.75, 3.05) is 20.2 Å². The fraction of sp³-hybridized carbons (Fsp3) is 0.350. The van der Waals surface area contributed by atoms with E-state index < -0.39 is 0 Å². The van der Waals surface area contributed by atoms with E-state index in [1.54, 1.807) is 24.4 Å². The van der Waals surface area contributed by atoms with Crippen LogP contribution in [-0.2, 0) is 22.6 Å². The second kappa shape index (κ2) is 10.2. The van der Waals surface area contributed by atoms with Crippen molar-refractivity contribution in [3.8, 4) is 5.75 Å². The number of carbonyl (C=O) groups is 2. The summed E-state index contributed by atoms with van der Waals surface area (Å²) in [5.41, 5.74) is 2.13. The van der Waals surface area contributed by atoms with Gasteiger partial charge in [0.2, 0.25) is 11.8 Å². The topological polar surface area (TPSA) is 71.5 Å². The summed E-state index contributed by atoms with van der Waals surface area (Å²) in [6.45, 7) is 2.96. The fourth-order valence-electron chi connectivity index (χ4n) is 2.52. The SMILES string of the molecule is COc1ccc(CCNC(=O)CCN(Cc2ccncc2)C(C)=O)cc1. The Labute approximate surface area is 154 Å². The van der Waals surface area contributed by atoms with Crippen LogP contribution in [0.15, 0.2) is 48.8 Å². The summed E-state index contributed by atoms with van der Waals surface area (Å²) in [6, 6.07) is 11.5. The zero-order chi connectivity index (χ0) is 18.8. The normalized spacial score (nSPS) is 10.2. The molecule has 1 N–H and O–H groups in total. The molecule has 0 atom stereocenters. The zero-order valence-electron chi connectivity index (χ0n) is 15.3. The number of methoxy groups -OCH3 is 1. The minimum absolute atomic E-state index is 0.0483. The lowest BCUT2D eigenvalue weighted by molar-refractivity contribution is -0.130. The lowest BCUT2D eigenvalue weighted by atomic mass is 10.1. The molecule has 6 heteroatoms. The van der Waals surface area contributed by atoms with Crippen molar-refractivity contribution in [2.24, 2.45) is 0 Å². The maximum Gasteiger partial charge on any atom is 0.221 e. The summed E-state index contributed by atoms with van der Waals surface area (Å²) in [7, 11) is 1.63. The van der Waals surface area contributed by atoms with E-state index in [0.29, 0.717) is 19.6 Å². The number of ether oxygens (including phenoxy) is 1. The first-order valence-electron chi connectivity index (χ1n) is 8.62. The first-order valence-corrected chi connectivity index (χ1v) is 8.62. The minimum Gasteiger partial charge on any atom is -0.497 e. The lowest BCUT2D eigenvalue weighted by Gasteiger charge is -2.20. The molecule has 0 saturated carbocycles. The molecule has 26 heavy (non-hydrogen) atoms. The first kappa shape index (κ1) is 19.4. The van der Waals surface area contributed by atoms with Gasteiger partial charge in [-0.3, -0.25) is 14.6 Å². The van der Waals surface area contributed by atoms with Crippen molar-refractivity contribution in [2.45, 2.75) is 26.3 Å². The van der Waals surface area contributed by atoms with E-state index in [9.17, 15) is 9.59 Å². The van der Waals surface area contributed by atoms with E-state index in [-0.39, 0.29) is 18.2 Å². The Morgan fingerprint density at radius 1 is 1.08 bits per heavy atom. The van der Waals surface area contributed by atoms with Gasteiger partial charge in [0.05, 0.1) is 7.11 Å². The number of pyridine rings is 1. The van der Waals surface area contributed by atoms with Crippen LogP contribution >= 0.6 is 0 Å². The Morgan fingerprint density at radius 3 is 2.38 bits per heavy atom. The molecule has 0 spiro atoms. The average Bonchev–Trinajstić information content (AvgIpc) is 2.66. The third-order valence-electron chi connectivity index (χ3n) is 4.07. The molecule has 2 amide bonds. The summed E-state index contributed by atoms with van der Waals surface area (Å²) < 4.78 is 5.12. The molecule has 6 nitrogen and oxygen atoms in total. The maximum atomic E-state index is 12.0. The maximum absolute atomic E-state index is 12.0. The van der Waals surface area contributed by atoms with Gasteiger partial charge in [-0.05, 0) is 41.8 Å². The van der Waals surface area contributed by atoms with Crippen LogP contribution in [-0.4, -0.2) is 41.9 Å². The number of benzene rings is 1. The predicted molar refractivity (Wildman–Crippen MR) is 99.7 cm³/mol. The van der Waals surface area contributed by atoms with Crippen molar-refractivity contribution in [3.63, 3.8) is 0 Å². The molecular weight excluding hydrogens is 330 g/mol. The smallest absolute Gasteiger partial charge is 0.221 e. The Kier molecular flexibility index (Phi) is 7.61. The summed E-state index contributed by atoms with van der Waals surface area (Å²) in [6.07, 6.45) is 4.43. The van der Waals surface area contributed by atoms with Crippen LogP contribution in [0.1, 0.15) is 24.5 Å². The number of rotatable bonds is 9. The number of amides is 2. The number of carbonyl (C=O) groups excluding carboxylic acids is 2. The molecule has 2 rings (SSSR count). The summed E-state index contributed by atoms with van der Waals surface area (Å²) in [5.74, 6) is 0.712. The van der Waals surface area contributed by atoms with Crippen molar-refractivity contribution < 1.29 is 14.3 Å². The molecule has 0 radical (unpaired) electrons. The van der Waals surface area contributed by atoms with E-state index in [1.165, 1.54) is 6.92 Å². The van der Waals surface area contributed by atoms with Crippen LogP contribution < -0.4 is 10.1 Å². The Balaban J connectivity index is 1.72. The van der Waals surface area contributed by atoms with Crippen molar-refractivity contribution in [1.29, 1.82) is 0 Å². The average molecular weight is 355 g/mol. The van der Waals surface area contributed by atoms with Gasteiger partial charge in [-0.25, -0.2) is 0 Å². The van der Waals surface area contributed by atoms with Crippen molar-refractivity contribution >= 4 is 11.8 Å². The van der Waals surface area contributed by atoms with Gasteiger partial charge in [-0.2, -0.15) is 0 Å². The zero-order valence-corrected chi connectivity index (χ0v) is 15.3. The number of hydrogen-bond donors (Lipinski definition) is 1. The molecular formula is C20H25N3O3. The Bertz CT molecular complexity index is 702. The van der Waals surface area contributed by atoms with Crippen LogP contribution in [0.3, 0.4) is 0 Å². The molecule has 1 aromatic carbocycles. The van der Waals surface area contributed by atoms with E-state index in [4.69, 9.17) is 4.74 Å². The standard InChI is InChI=1S/C20H25N3O3/c1-16(24)23(15-18-7-11-21-12-8-18)14-10-20(25)22-13-9-17-3-5-19(26-2)6-4-17/h3-8,11-12H,9-10,13-15H2,1-2H3,(H,22,25). The third kappa shape index (κ3) is 6.55. The lowest BCUT2D eigenvalue weighted by Crippen LogP contribution is -2.34. The van der Waals surface area contributed by atoms with Crippen LogP contribution in [0.2, 0.25) is 0 Å². The number of nitrogens with one attached hydrogen (secondary N) is 1. The van der Waals surface area contributed by atoms with E-state index >= 15 is 0 Å². The van der Waals surface area contributed by atoms with Gasteiger partial charge in [0, 0.05) is 45.4 Å². The van der Waals surface area contributed by atoms with Crippen LogP contribution in [0.25, 0.3) is 0 Å². The summed E-state index contributed by atoms with van der Waals surface area (Å²) in [5, 5.41) is 2.90. The summed E-state index contributed by atoms with van der Waals surface area (Å²) in [4.78, 5) is 29.4. The highest BCUT2D eigenvalue weighted by atomic mass is 16.5. The molecule has 1 aromatic heterocycles. The van der Waals surface area contributed by atoms with Gasteiger partial charge < -0.3 is 15.0 Å².